The van der Waals surface area contributed by atoms with Gasteiger partial charge >= 0.3 is 0 Å². The van der Waals surface area contributed by atoms with Crippen molar-refractivity contribution in [2.24, 2.45) is 0 Å². The van der Waals surface area contributed by atoms with Crippen molar-refractivity contribution in [2.75, 3.05) is 17.6 Å². The molecule has 2 aromatic heterocycles. The molecule has 0 fully saturated rings. The molecule has 0 bridgehead atoms. The molecule has 9 heteroatoms. The van der Waals surface area contributed by atoms with E-state index >= 15 is 0 Å². The molecule has 0 aliphatic carbocycles. The number of amides is 1. The number of fused-ring (bicyclic) bond motifs is 2. The third-order valence-corrected chi connectivity index (χ3v) is 3.83. The Balaban J connectivity index is 1.69. The maximum Gasteiger partial charge on any atom is 0.292 e. The van der Waals surface area contributed by atoms with Crippen molar-refractivity contribution in [1.29, 1.82) is 0 Å². The molecule has 4 rings (SSSR count). The van der Waals surface area contributed by atoms with E-state index < -0.39 is 5.91 Å². The molecule has 0 atom stereocenters. The number of nitrogens with one attached hydrogen (secondary N) is 2. The highest BCUT2D eigenvalue weighted by Crippen LogP contribution is 2.27. The zero-order valence-electron chi connectivity index (χ0n) is 13.4. The minimum Gasteiger partial charge on any atom is -0.424 e. The molecule has 0 spiro atoms. The molecule has 1 amide bonds. The number of hydroxylamine groups is 1. The van der Waals surface area contributed by atoms with Gasteiger partial charge in [-0.25, -0.2) is 10.5 Å². The number of anilines is 2. The number of hydrogen-bond acceptors (Lipinski definition) is 8. The van der Waals surface area contributed by atoms with Gasteiger partial charge in [-0.15, -0.1) is 0 Å². The molecule has 2 heterocycles. The van der Waals surface area contributed by atoms with Crippen molar-refractivity contribution in [1.82, 2.24) is 20.4 Å². The molecular formula is C17H14N6O3. The second kappa shape index (κ2) is 6.30. The van der Waals surface area contributed by atoms with Gasteiger partial charge in [0.1, 0.15) is 11.3 Å². The van der Waals surface area contributed by atoms with Crippen LogP contribution in [0.5, 0.6) is 0 Å². The van der Waals surface area contributed by atoms with E-state index in [0.29, 0.717) is 22.4 Å². The van der Waals surface area contributed by atoms with E-state index in [2.05, 4.69) is 20.3 Å². The van der Waals surface area contributed by atoms with Gasteiger partial charge in [0, 0.05) is 0 Å². The number of oxazole rings is 1. The Hall–Kier alpha value is -3.72. The molecule has 0 saturated carbocycles. The standard InChI is InChI=1S/C17H14N6O3/c18-17-22-13-6-10(2-4-14(13)26-17)9-1-3-11-12(5-9)21-15(7-19-11)20-8-16(24)23-25/h1-7,25H,8H2,(H2,18,22)(H,20,21)(H,23,24). The second-order valence-corrected chi connectivity index (χ2v) is 5.58. The fourth-order valence-corrected chi connectivity index (χ4v) is 2.61. The molecule has 0 saturated heterocycles. The summed E-state index contributed by atoms with van der Waals surface area (Å²) in [4.78, 5) is 24.0. The molecule has 130 valence electrons. The Morgan fingerprint density at radius 2 is 1.85 bits per heavy atom. The number of benzene rings is 2. The highest BCUT2D eigenvalue weighted by molar-refractivity contribution is 5.86. The zero-order chi connectivity index (χ0) is 18.1. The van der Waals surface area contributed by atoms with Gasteiger partial charge in [0.25, 0.3) is 11.9 Å². The van der Waals surface area contributed by atoms with Gasteiger partial charge in [0.05, 0.1) is 23.8 Å². The lowest BCUT2D eigenvalue weighted by Gasteiger charge is -2.07. The summed E-state index contributed by atoms with van der Waals surface area (Å²) in [5.74, 6) is -0.140. The molecule has 0 aliphatic heterocycles. The van der Waals surface area contributed by atoms with E-state index in [0.717, 1.165) is 16.6 Å². The maximum absolute atomic E-state index is 11.1. The first-order chi connectivity index (χ1) is 12.6. The molecule has 2 aromatic carbocycles. The first-order valence-electron chi connectivity index (χ1n) is 7.72. The highest BCUT2D eigenvalue weighted by Gasteiger charge is 2.08. The minimum absolute atomic E-state index is 0.110. The van der Waals surface area contributed by atoms with E-state index in [4.69, 9.17) is 15.4 Å². The van der Waals surface area contributed by atoms with Gasteiger partial charge in [-0.05, 0) is 35.4 Å². The van der Waals surface area contributed by atoms with Gasteiger partial charge in [-0.2, -0.15) is 4.98 Å². The van der Waals surface area contributed by atoms with Crippen molar-refractivity contribution in [3.05, 3.63) is 42.6 Å². The van der Waals surface area contributed by atoms with E-state index in [9.17, 15) is 4.79 Å². The Morgan fingerprint density at radius 1 is 1.08 bits per heavy atom. The number of nitrogens with zero attached hydrogens (tertiary/aromatic N) is 3. The molecule has 26 heavy (non-hydrogen) atoms. The smallest absolute Gasteiger partial charge is 0.292 e. The maximum atomic E-state index is 11.1. The average molecular weight is 350 g/mol. The molecule has 0 unspecified atom stereocenters. The van der Waals surface area contributed by atoms with Gasteiger partial charge in [-0.3, -0.25) is 15.0 Å². The quantitative estimate of drug-likeness (QED) is 0.323. The Bertz CT molecular complexity index is 1120. The topological polar surface area (TPSA) is 139 Å². The lowest BCUT2D eigenvalue weighted by molar-refractivity contribution is -0.127. The van der Waals surface area contributed by atoms with E-state index in [-0.39, 0.29) is 12.6 Å². The molecule has 0 radical (unpaired) electrons. The SMILES string of the molecule is Nc1nc2cc(-c3ccc4ncc(NCC(=O)NO)nc4c3)ccc2o1. The number of nitrogen functional groups attached to an aromatic ring is 1. The fraction of sp³-hybridized carbons (Fsp3) is 0.0588. The lowest BCUT2D eigenvalue weighted by Crippen LogP contribution is -2.26. The molecular weight excluding hydrogens is 336 g/mol. The van der Waals surface area contributed by atoms with Crippen LogP contribution in [0.3, 0.4) is 0 Å². The van der Waals surface area contributed by atoms with Crippen LogP contribution in [0.4, 0.5) is 11.8 Å². The first kappa shape index (κ1) is 15.8. The van der Waals surface area contributed by atoms with E-state index in [1.807, 2.05) is 36.4 Å². The number of carbonyl (C=O) groups excluding carboxylic acids is 1. The average Bonchev–Trinajstić information content (AvgIpc) is 3.04. The second-order valence-electron chi connectivity index (χ2n) is 5.58. The summed E-state index contributed by atoms with van der Waals surface area (Å²) in [6.45, 7) is -0.110. The number of hydrogen-bond donors (Lipinski definition) is 4. The summed E-state index contributed by atoms with van der Waals surface area (Å²) in [5, 5.41) is 11.3. The van der Waals surface area contributed by atoms with Crippen LogP contribution in [-0.2, 0) is 4.79 Å². The summed E-state index contributed by atoms with van der Waals surface area (Å²) in [7, 11) is 0. The Morgan fingerprint density at radius 3 is 2.65 bits per heavy atom. The predicted octanol–water partition coefficient (Wildman–Crippen LogP) is 1.94. The highest BCUT2D eigenvalue weighted by atomic mass is 16.5. The van der Waals surface area contributed by atoms with E-state index in [1.54, 1.807) is 5.48 Å². The largest absolute Gasteiger partial charge is 0.424 e. The lowest BCUT2D eigenvalue weighted by atomic mass is 10.0. The summed E-state index contributed by atoms with van der Waals surface area (Å²) in [5.41, 5.74) is 11.7. The fourth-order valence-electron chi connectivity index (χ4n) is 2.61. The summed E-state index contributed by atoms with van der Waals surface area (Å²) >= 11 is 0. The zero-order valence-corrected chi connectivity index (χ0v) is 13.4. The third kappa shape index (κ3) is 2.98. The molecule has 5 N–H and O–H groups in total. The van der Waals surface area contributed by atoms with Gasteiger partial charge in [-0.1, -0.05) is 12.1 Å². The predicted molar refractivity (Wildman–Crippen MR) is 95.4 cm³/mol. The minimum atomic E-state index is -0.569. The van der Waals surface area contributed by atoms with Gasteiger partial charge in [0.2, 0.25) is 0 Å². The summed E-state index contributed by atoms with van der Waals surface area (Å²) in [6.07, 6.45) is 1.52. The van der Waals surface area contributed by atoms with Crippen LogP contribution in [0.15, 0.2) is 47.0 Å². The molecule has 9 nitrogen and oxygen atoms in total. The number of carbonyl (C=O) groups is 1. The first-order valence-corrected chi connectivity index (χ1v) is 7.72. The summed E-state index contributed by atoms with van der Waals surface area (Å²) < 4.78 is 5.29. The normalized spacial score (nSPS) is 11.0. The number of aromatic nitrogens is 3. The van der Waals surface area contributed by atoms with Gasteiger partial charge < -0.3 is 15.5 Å². The molecule has 0 aliphatic rings. The molecule has 4 aromatic rings. The van der Waals surface area contributed by atoms with Crippen LogP contribution in [0, 0.1) is 0 Å². The van der Waals surface area contributed by atoms with Crippen molar-refractivity contribution >= 4 is 39.9 Å². The van der Waals surface area contributed by atoms with Crippen LogP contribution in [0.25, 0.3) is 33.3 Å². The van der Waals surface area contributed by atoms with E-state index in [1.165, 1.54) is 6.20 Å². The van der Waals surface area contributed by atoms with Gasteiger partial charge in [0.15, 0.2) is 5.58 Å². The number of nitrogens with two attached hydrogens (primary N) is 1. The van der Waals surface area contributed by atoms with Crippen molar-refractivity contribution in [3.63, 3.8) is 0 Å². The van der Waals surface area contributed by atoms with Crippen molar-refractivity contribution in [3.8, 4) is 11.1 Å². The van der Waals surface area contributed by atoms with Crippen LogP contribution in [0.2, 0.25) is 0 Å². The van der Waals surface area contributed by atoms with Crippen molar-refractivity contribution < 1.29 is 14.4 Å². The summed E-state index contributed by atoms with van der Waals surface area (Å²) in [6, 6.07) is 11.4. The van der Waals surface area contributed by atoms with Crippen molar-refractivity contribution in [2.45, 2.75) is 0 Å². The Labute approximate surface area is 146 Å². The monoisotopic (exact) mass is 350 g/mol. The van der Waals surface area contributed by atoms with Crippen LogP contribution in [0.1, 0.15) is 0 Å². The van der Waals surface area contributed by atoms with Crippen LogP contribution < -0.4 is 16.5 Å². The Kier molecular flexibility index (Phi) is 3.82. The van der Waals surface area contributed by atoms with Crippen LogP contribution >= 0.6 is 0 Å². The van der Waals surface area contributed by atoms with Crippen LogP contribution in [-0.4, -0.2) is 32.6 Å². The third-order valence-electron chi connectivity index (χ3n) is 3.83. The number of rotatable bonds is 4.